The zero-order valence-electron chi connectivity index (χ0n) is 8.78. The van der Waals surface area contributed by atoms with Crippen LogP contribution in [0.3, 0.4) is 0 Å². The number of thioether (sulfide) groups is 1. The molecule has 1 aromatic carbocycles. The van der Waals surface area contributed by atoms with Crippen LogP contribution >= 0.6 is 11.8 Å². The first-order valence-electron chi connectivity index (χ1n) is 4.77. The van der Waals surface area contributed by atoms with Crippen molar-refractivity contribution < 1.29 is 9.90 Å². The van der Waals surface area contributed by atoms with Gasteiger partial charge in [0.2, 0.25) is 5.16 Å². The van der Waals surface area contributed by atoms with Crippen molar-refractivity contribution in [3.05, 3.63) is 41.7 Å². The number of nitrogens with two attached hydrogens (primary N) is 1. The summed E-state index contributed by atoms with van der Waals surface area (Å²) < 4.78 is 1.34. The van der Waals surface area contributed by atoms with Crippen molar-refractivity contribution in [2.45, 2.75) is 10.9 Å². The Morgan fingerprint density at radius 1 is 1.41 bits per heavy atom. The lowest BCUT2D eigenvalue weighted by molar-refractivity contribution is 0.0697. The van der Waals surface area contributed by atoms with E-state index in [9.17, 15) is 4.79 Å². The summed E-state index contributed by atoms with van der Waals surface area (Å²) in [6, 6.07) is 6.69. The lowest BCUT2D eigenvalue weighted by Crippen LogP contribution is -2.07. The van der Waals surface area contributed by atoms with Gasteiger partial charge in [-0.3, -0.25) is 0 Å². The molecule has 0 bridgehead atoms. The van der Waals surface area contributed by atoms with Crippen LogP contribution in [0, 0.1) is 0 Å². The van der Waals surface area contributed by atoms with Gasteiger partial charge in [0.05, 0.1) is 5.56 Å². The van der Waals surface area contributed by atoms with Crippen LogP contribution in [0.1, 0.15) is 15.9 Å². The first-order valence-corrected chi connectivity index (χ1v) is 5.75. The number of nitrogens with zero attached hydrogens (tertiary/aromatic N) is 3. The third-order valence-electron chi connectivity index (χ3n) is 2.11. The van der Waals surface area contributed by atoms with E-state index in [1.807, 2.05) is 0 Å². The van der Waals surface area contributed by atoms with Gasteiger partial charge in [0.25, 0.3) is 0 Å². The molecule has 0 unspecified atom stereocenters. The fraction of sp³-hybridized carbons (Fsp3) is 0.100. The summed E-state index contributed by atoms with van der Waals surface area (Å²) >= 11 is 1.44. The van der Waals surface area contributed by atoms with Gasteiger partial charge < -0.3 is 10.9 Å². The largest absolute Gasteiger partial charge is 0.478 e. The van der Waals surface area contributed by atoms with E-state index in [2.05, 4.69) is 10.2 Å². The van der Waals surface area contributed by atoms with Crippen LogP contribution < -0.4 is 5.84 Å². The zero-order chi connectivity index (χ0) is 12.3. The Balaban J connectivity index is 2.00. The molecular weight excluding hydrogens is 240 g/mol. The minimum atomic E-state index is -0.925. The van der Waals surface area contributed by atoms with Crippen molar-refractivity contribution in [3.63, 3.8) is 0 Å². The average Bonchev–Trinajstić information content (AvgIpc) is 2.73. The van der Waals surface area contributed by atoms with Crippen LogP contribution in [-0.4, -0.2) is 25.9 Å². The van der Waals surface area contributed by atoms with E-state index in [0.717, 1.165) is 5.56 Å². The molecule has 0 aliphatic heterocycles. The number of aromatic carboxylic acids is 1. The molecule has 3 N–H and O–H groups in total. The highest BCUT2D eigenvalue weighted by atomic mass is 32.2. The average molecular weight is 250 g/mol. The first kappa shape index (κ1) is 11.5. The topological polar surface area (TPSA) is 94.0 Å². The van der Waals surface area contributed by atoms with E-state index in [4.69, 9.17) is 10.9 Å². The Bertz CT molecular complexity index is 523. The number of hydrogen-bond acceptors (Lipinski definition) is 5. The van der Waals surface area contributed by atoms with Gasteiger partial charge in [-0.05, 0) is 17.7 Å². The van der Waals surface area contributed by atoms with Crippen LogP contribution in [0.2, 0.25) is 0 Å². The second kappa shape index (κ2) is 4.88. The van der Waals surface area contributed by atoms with Gasteiger partial charge in [-0.2, -0.15) is 0 Å². The SMILES string of the molecule is Nn1cnnc1SCc1ccc(C(=O)O)cc1. The van der Waals surface area contributed by atoms with Gasteiger partial charge in [-0.1, -0.05) is 23.9 Å². The number of hydrogen-bond donors (Lipinski definition) is 2. The quantitative estimate of drug-likeness (QED) is 0.620. The molecule has 0 spiro atoms. The van der Waals surface area contributed by atoms with Crippen LogP contribution in [0.25, 0.3) is 0 Å². The van der Waals surface area contributed by atoms with Crippen molar-refractivity contribution in [2.75, 3.05) is 5.84 Å². The van der Waals surface area contributed by atoms with Crippen LogP contribution in [0.4, 0.5) is 0 Å². The van der Waals surface area contributed by atoms with E-state index < -0.39 is 5.97 Å². The van der Waals surface area contributed by atoms with E-state index in [1.165, 1.54) is 22.8 Å². The summed E-state index contributed by atoms with van der Waals surface area (Å²) in [4.78, 5) is 10.7. The van der Waals surface area contributed by atoms with E-state index in [0.29, 0.717) is 10.9 Å². The molecule has 1 aromatic heterocycles. The summed E-state index contributed by atoms with van der Waals surface area (Å²) in [5, 5.41) is 16.9. The van der Waals surface area contributed by atoms with Crippen molar-refractivity contribution in [3.8, 4) is 0 Å². The fourth-order valence-electron chi connectivity index (χ4n) is 1.23. The number of carboxylic acid groups (broad SMARTS) is 1. The molecule has 0 atom stereocenters. The highest BCUT2D eigenvalue weighted by Crippen LogP contribution is 2.19. The Hall–Kier alpha value is -2.02. The summed E-state index contributed by atoms with van der Waals surface area (Å²) in [6.45, 7) is 0. The summed E-state index contributed by atoms with van der Waals surface area (Å²) in [7, 11) is 0. The number of carboxylic acids is 1. The molecule has 2 aromatic rings. The summed E-state index contributed by atoms with van der Waals surface area (Å²) in [5.74, 6) is 5.30. The maximum Gasteiger partial charge on any atom is 0.335 e. The number of benzene rings is 1. The molecule has 0 amide bonds. The number of nitrogen functional groups attached to an aromatic ring is 1. The third-order valence-corrected chi connectivity index (χ3v) is 3.14. The van der Waals surface area contributed by atoms with Crippen molar-refractivity contribution >= 4 is 17.7 Å². The van der Waals surface area contributed by atoms with Gasteiger partial charge >= 0.3 is 5.97 Å². The summed E-state index contributed by atoms with van der Waals surface area (Å²) in [5.41, 5.74) is 1.28. The van der Waals surface area contributed by atoms with E-state index in [-0.39, 0.29) is 5.56 Å². The molecule has 0 radical (unpaired) electrons. The highest BCUT2D eigenvalue weighted by Gasteiger charge is 2.04. The molecule has 17 heavy (non-hydrogen) atoms. The first-order chi connectivity index (χ1) is 8.16. The Kier molecular flexibility index (Phi) is 3.29. The molecular formula is C10H10N4O2S. The molecule has 0 aliphatic rings. The van der Waals surface area contributed by atoms with E-state index >= 15 is 0 Å². The standard InChI is InChI=1S/C10H10N4O2S/c11-14-6-12-13-10(14)17-5-7-1-3-8(4-2-7)9(15)16/h1-4,6H,5,11H2,(H,15,16). The predicted molar refractivity (Wildman–Crippen MR) is 63.1 cm³/mol. The number of aromatic nitrogens is 3. The number of rotatable bonds is 4. The fourth-order valence-corrected chi connectivity index (χ4v) is 2.02. The lowest BCUT2D eigenvalue weighted by atomic mass is 10.1. The third kappa shape index (κ3) is 2.76. The van der Waals surface area contributed by atoms with Gasteiger partial charge in [-0.15, -0.1) is 10.2 Å². The van der Waals surface area contributed by atoms with Crippen molar-refractivity contribution in [1.82, 2.24) is 14.9 Å². The lowest BCUT2D eigenvalue weighted by Gasteiger charge is -2.01. The van der Waals surface area contributed by atoms with Crippen LogP contribution in [0.15, 0.2) is 35.7 Å². The predicted octanol–water partition coefficient (Wildman–Crippen LogP) is 0.982. The maximum atomic E-state index is 10.7. The molecule has 0 saturated carbocycles. The minimum Gasteiger partial charge on any atom is -0.478 e. The second-order valence-electron chi connectivity index (χ2n) is 3.31. The maximum absolute atomic E-state index is 10.7. The zero-order valence-corrected chi connectivity index (χ0v) is 9.59. The van der Waals surface area contributed by atoms with E-state index in [1.54, 1.807) is 24.3 Å². The van der Waals surface area contributed by atoms with Gasteiger partial charge in [0.15, 0.2) is 0 Å². The smallest absolute Gasteiger partial charge is 0.335 e. The monoisotopic (exact) mass is 250 g/mol. The number of carbonyl (C=O) groups is 1. The van der Waals surface area contributed by atoms with Crippen LogP contribution in [-0.2, 0) is 5.75 Å². The highest BCUT2D eigenvalue weighted by molar-refractivity contribution is 7.98. The van der Waals surface area contributed by atoms with Crippen LogP contribution in [0.5, 0.6) is 0 Å². The van der Waals surface area contributed by atoms with Gasteiger partial charge in [-0.25, -0.2) is 9.47 Å². The molecule has 0 aliphatic carbocycles. The Morgan fingerprint density at radius 3 is 2.65 bits per heavy atom. The normalized spacial score (nSPS) is 10.4. The molecule has 0 fully saturated rings. The Labute approximate surface area is 101 Å². The van der Waals surface area contributed by atoms with Gasteiger partial charge in [0.1, 0.15) is 6.33 Å². The Morgan fingerprint density at radius 2 is 2.12 bits per heavy atom. The van der Waals surface area contributed by atoms with Gasteiger partial charge in [0, 0.05) is 5.75 Å². The molecule has 2 rings (SSSR count). The van der Waals surface area contributed by atoms with Crippen molar-refractivity contribution in [2.24, 2.45) is 0 Å². The molecule has 7 heteroatoms. The molecule has 0 saturated heterocycles. The van der Waals surface area contributed by atoms with Crippen molar-refractivity contribution in [1.29, 1.82) is 0 Å². The molecule has 88 valence electrons. The molecule has 6 nitrogen and oxygen atoms in total. The molecule has 1 heterocycles. The minimum absolute atomic E-state index is 0.278. The summed E-state index contributed by atoms with van der Waals surface area (Å²) in [6.07, 6.45) is 1.43. The second-order valence-corrected chi connectivity index (χ2v) is 4.25.